The third kappa shape index (κ3) is 6.88. The third-order valence-corrected chi connectivity index (χ3v) is 8.23. The number of carbonyl (C=O) groups is 2. The van der Waals surface area contributed by atoms with E-state index in [2.05, 4.69) is 5.32 Å². The molecular weight excluding hydrogens is 448 g/mol. The average Bonchev–Trinajstić information content (AvgIpc) is 3.15. The van der Waals surface area contributed by atoms with Crippen molar-refractivity contribution < 1.29 is 22.7 Å². The summed E-state index contributed by atoms with van der Waals surface area (Å²) in [5.41, 5.74) is 0.839. The monoisotopic (exact) mass is 478 g/mol. The van der Waals surface area contributed by atoms with Crippen LogP contribution in [0, 0.1) is 0 Å². The van der Waals surface area contributed by atoms with E-state index in [9.17, 15) is 18.0 Å². The predicted octanol–water partition coefficient (Wildman–Crippen LogP) is 3.49. The number of benzene rings is 1. The summed E-state index contributed by atoms with van der Waals surface area (Å²) in [6.07, 6.45) is 3.57. The number of nitrogens with one attached hydrogen (secondary N) is 1. The topological polar surface area (TPSA) is 92.8 Å². The summed E-state index contributed by atoms with van der Waals surface area (Å²) in [5, 5.41) is 4.68. The van der Waals surface area contributed by atoms with Gasteiger partial charge >= 0.3 is 5.97 Å². The van der Waals surface area contributed by atoms with Crippen LogP contribution in [-0.4, -0.2) is 43.8 Å². The molecule has 1 aromatic heterocycles. The minimum absolute atomic E-state index is 0.112. The van der Waals surface area contributed by atoms with E-state index in [1.807, 2.05) is 17.5 Å². The Balaban J connectivity index is 1.45. The third-order valence-electron chi connectivity index (χ3n) is 5.44. The number of aryl methyl sites for hydroxylation is 1. The highest BCUT2D eigenvalue weighted by Gasteiger charge is 2.25. The Labute approximate surface area is 193 Å². The largest absolute Gasteiger partial charge is 0.453 e. The highest BCUT2D eigenvalue weighted by atomic mass is 32.2. The zero-order chi connectivity index (χ0) is 23.0. The Morgan fingerprint density at radius 2 is 1.78 bits per heavy atom. The molecule has 174 valence electrons. The molecule has 3 rings (SSSR count). The number of thiophene rings is 1. The van der Waals surface area contributed by atoms with Gasteiger partial charge in [0.2, 0.25) is 10.0 Å². The fourth-order valence-electron chi connectivity index (χ4n) is 3.55. The molecule has 0 spiro atoms. The van der Waals surface area contributed by atoms with E-state index in [4.69, 9.17) is 4.74 Å². The molecule has 1 atom stereocenters. The van der Waals surface area contributed by atoms with E-state index in [1.165, 1.54) is 0 Å². The molecule has 1 N–H and O–H groups in total. The molecule has 1 saturated heterocycles. The van der Waals surface area contributed by atoms with E-state index in [0.717, 1.165) is 36.1 Å². The van der Waals surface area contributed by atoms with Gasteiger partial charge in [-0.1, -0.05) is 31.0 Å². The molecule has 1 amide bonds. The van der Waals surface area contributed by atoms with Crippen LogP contribution >= 0.6 is 11.3 Å². The van der Waals surface area contributed by atoms with Gasteiger partial charge in [-0.2, -0.15) is 4.31 Å². The molecular formula is C23H30N2O5S2. The van der Waals surface area contributed by atoms with Gasteiger partial charge in [-0.3, -0.25) is 9.59 Å². The van der Waals surface area contributed by atoms with Gasteiger partial charge in [0.15, 0.2) is 6.10 Å². The summed E-state index contributed by atoms with van der Waals surface area (Å²) in [6.45, 7) is 3.08. The molecule has 0 radical (unpaired) electrons. The van der Waals surface area contributed by atoms with Gasteiger partial charge < -0.3 is 10.1 Å². The molecule has 0 saturated carbocycles. The number of sulfonamides is 1. The number of nitrogens with zero attached hydrogens (tertiary/aromatic N) is 1. The molecule has 0 aliphatic carbocycles. The maximum Gasteiger partial charge on any atom is 0.306 e. The lowest BCUT2D eigenvalue weighted by molar-refractivity contribution is -0.154. The van der Waals surface area contributed by atoms with E-state index in [1.54, 1.807) is 46.8 Å². The standard InChI is InChI=1S/C23H30N2O5S2/c1-18(23(27)24-17-20-7-6-16-31-20)30-22(26)13-10-19-8-11-21(12-9-19)32(28,29)25-14-4-2-3-5-15-25/h6-9,11-12,16,18H,2-5,10,13-15,17H2,1H3,(H,24,27). The maximum atomic E-state index is 12.8. The Hall–Kier alpha value is -2.23. The van der Waals surface area contributed by atoms with Crippen LogP contribution in [0.25, 0.3) is 0 Å². The SMILES string of the molecule is CC(OC(=O)CCc1ccc(S(=O)(=O)N2CCCCCC2)cc1)C(=O)NCc1cccs1. The normalized spacial score (nSPS) is 16.2. The molecule has 1 fully saturated rings. The van der Waals surface area contributed by atoms with E-state index < -0.39 is 22.1 Å². The van der Waals surface area contributed by atoms with Crippen LogP contribution < -0.4 is 5.32 Å². The van der Waals surface area contributed by atoms with Crippen LogP contribution in [-0.2, 0) is 37.3 Å². The van der Waals surface area contributed by atoms with Crippen molar-refractivity contribution in [1.29, 1.82) is 0 Å². The summed E-state index contributed by atoms with van der Waals surface area (Å²) in [7, 11) is -3.48. The second kappa shape index (κ2) is 11.6. The van der Waals surface area contributed by atoms with E-state index in [0.29, 0.717) is 26.1 Å². The second-order valence-corrected chi connectivity index (χ2v) is 10.9. The Morgan fingerprint density at radius 1 is 1.09 bits per heavy atom. The van der Waals surface area contributed by atoms with Gasteiger partial charge in [0, 0.05) is 24.4 Å². The summed E-state index contributed by atoms with van der Waals surface area (Å²) in [5.74, 6) is -0.806. The average molecular weight is 479 g/mol. The van der Waals surface area contributed by atoms with Crippen molar-refractivity contribution in [1.82, 2.24) is 9.62 Å². The maximum absolute atomic E-state index is 12.8. The van der Waals surface area contributed by atoms with Crippen molar-refractivity contribution in [3.8, 4) is 0 Å². The summed E-state index contributed by atoms with van der Waals surface area (Å²) in [4.78, 5) is 25.5. The first kappa shape index (κ1) is 24.4. The van der Waals surface area contributed by atoms with Gasteiger partial charge in [0.05, 0.1) is 11.4 Å². The molecule has 9 heteroatoms. The minimum Gasteiger partial charge on any atom is -0.453 e. The molecule has 1 aliphatic heterocycles. The van der Waals surface area contributed by atoms with Gasteiger partial charge in [0.25, 0.3) is 5.91 Å². The molecule has 2 heterocycles. The fraction of sp³-hybridized carbons (Fsp3) is 0.478. The molecule has 32 heavy (non-hydrogen) atoms. The lowest BCUT2D eigenvalue weighted by Gasteiger charge is -2.20. The van der Waals surface area contributed by atoms with Gasteiger partial charge in [-0.05, 0) is 55.3 Å². The predicted molar refractivity (Wildman–Crippen MR) is 124 cm³/mol. The lowest BCUT2D eigenvalue weighted by Crippen LogP contribution is -2.35. The van der Waals surface area contributed by atoms with Crippen molar-refractivity contribution in [2.45, 2.75) is 63.0 Å². The van der Waals surface area contributed by atoms with E-state index in [-0.39, 0.29) is 17.2 Å². The summed E-state index contributed by atoms with van der Waals surface area (Å²) in [6, 6.07) is 10.5. The summed E-state index contributed by atoms with van der Waals surface area (Å²) < 4.78 is 32.5. The van der Waals surface area contributed by atoms with Gasteiger partial charge in [0.1, 0.15) is 0 Å². The molecule has 0 bridgehead atoms. The van der Waals surface area contributed by atoms with Crippen LogP contribution in [0.5, 0.6) is 0 Å². The number of esters is 1. The van der Waals surface area contributed by atoms with Gasteiger partial charge in [-0.15, -0.1) is 11.3 Å². The number of hydrogen-bond acceptors (Lipinski definition) is 6. The highest BCUT2D eigenvalue weighted by molar-refractivity contribution is 7.89. The minimum atomic E-state index is -3.48. The highest BCUT2D eigenvalue weighted by Crippen LogP contribution is 2.21. The quantitative estimate of drug-likeness (QED) is 0.557. The number of carbonyl (C=O) groups excluding carboxylic acids is 2. The Morgan fingerprint density at radius 3 is 2.41 bits per heavy atom. The first-order chi connectivity index (χ1) is 15.4. The fourth-order valence-corrected chi connectivity index (χ4v) is 5.71. The van der Waals surface area contributed by atoms with Crippen LogP contribution in [0.1, 0.15) is 49.5 Å². The first-order valence-electron chi connectivity index (χ1n) is 10.9. The number of rotatable bonds is 9. The van der Waals surface area contributed by atoms with Crippen molar-refractivity contribution in [3.05, 3.63) is 52.2 Å². The smallest absolute Gasteiger partial charge is 0.306 e. The first-order valence-corrected chi connectivity index (χ1v) is 13.3. The van der Waals surface area contributed by atoms with Crippen molar-refractivity contribution in [2.24, 2.45) is 0 Å². The summed E-state index contributed by atoms with van der Waals surface area (Å²) >= 11 is 1.54. The van der Waals surface area contributed by atoms with Crippen LogP contribution in [0.2, 0.25) is 0 Å². The zero-order valence-corrected chi connectivity index (χ0v) is 19.9. The van der Waals surface area contributed by atoms with Crippen LogP contribution in [0.15, 0.2) is 46.7 Å². The van der Waals surface area contributed by atoms with Crippen LogP contribution in [0.3, 0.4) is 0 Å². The van der Waals surface area contributed by atoms with Crippen LogP contribution in [0.4, 0.5) is 0 Å². The Bertz CT molecular complexity index is 980. The van der Waals surface area contributed by atoms with Crippen molar-refractivity contribution in [2.75, 3.05) is 13.1 Å². The molecule has 2 aromatic rings. The van der Waals surface area contributed by atoms with Gasteiger partial charge in [-0.25, -0.2) is 8.42 Å². The van der Waals surface area contributed by atoms with Crippen molar-refractivity contribution >= 4 is 33.2 Å². The Kier molecular flexibility index (Phi) is 8.84. The molecule has 1 aromatic carbocycles. The zero-order valence-electron chi connectivity index (χ0n) is 18.3. The molecule has 1 aliphatic rings. The molecule has 1 unspecified atom stereocenters. The van der Waals surface area contributed by atoms with Crippen molar-refractivity contribution in [3.63, 3.8) is 0 Å². The molecule has 7 nitrogen and oxygen atoms in total. The number of hydrogen-bond donors (Lipinski definition) is 1. The van der Waals surface area contributed by atoms with E-state index >= 15 is 0 Å². The lowest BCUT2D eigenvalue weighted by atomic mass is 10.1. The number of amides is 1. The number of ether oxygens (including phenoxy) is 1. The second-order valence-electron chi connectivity index (χ2n) is 7.89.